The van der Waals surface area contributed by atoms with Crippen LogP contribution in [0.5, 0.6) is 5.75 Å². The van der Waals surface area contributed by atoms with E-state index in [2.05, 4.69) is 22.3 Å². The quantitative estimate of drug-likeness (QED) is 0.693. The first-order chi connectivity index (χ1) is 14.1. The van der Waals surface area contributed by atoms with Crippen LogP contribution >= 0.6 is 0 Å². The number of hydrogen-bond acceptors (Lipinski definition) is 6. The van der Waals surface area contributed by atoms with Gasteiger partial charge in [0.05, 0.1) is 0 Å². The highest BCUT2D eigenvalue weighted by atomic mass is 16.5. The number of nitrogens with two attached hydrogens (primary N) is 1. The molecule has 150 valence electrons. The number of likely N-dealkylation sites (tertiary alicyclic amines) is 1. The molecule has 1 fully saturated rings. The van der Waals surface area contributed by atoms with Crippen LogP contribution in [0.25, 0.3) is 0 Å². The lowest BCUT2D eigenvalue weighted by Gasteiger charge is -2.17. The van der Waals surface area contributed by atoms with E-state index in [4.69, 9.17) is 15.0 Å². The first kappa shape index (κ1) is 19.1. The molecule has 0 aliphatic carbocycles. The first-order valence-corrected chi connectivity index (χ1v) is 9.78. The van der Waals surface area contributed by atoms with E-state index in [-0.39, 0.29) is 24.5 Å². The maximum atomic E-state index is 12.9. The van der Waals surface area contributed by atoms with Crippen LogP contribution in [0.4, 0.5) is 0 Å². The molecule has 2 N–H and O–H groups in total. The van der Waals surface area contributed by atoms with E-state index in [1.165, 1.54) is 5.56 Å². The Balaban J connectivity index is 1.36. The summed E-state index contributed by atoms with van der Waals surface area (Å²) in [6.45, 7) is 3.34. The Hall–Kier alpha value is -3.19. The molecule has 7 heteroatoms. The number of ether oxygens (including phenoxy) is 1. The van der Waals surface area contributed by atoms with E-state index in [1.807, 2.05) is 30.0 Å². The third-order valence-electron chi connectivity index (χ3n) is 5.16. The van der Waals surface area contributed by atoms with Crippen LogP contribution in [0.1, 0.15) is 40.5 Å². The van der Waals surface area contributed by atoms with Crippen molar-refractivity contribution in [3.05, 3.63) is 77.4 Å². The molecule has 0 spiro atoms. The van der Waals surface area contributed by atoms with E-state index >= 15 is 0 Å². The van der Waals surface area contributed by atoms with E-state index in [0.29, 0.717) is 42.5 Å². The van der Waals surface area contributed by atoms with Crippen LogP contribution in [0.15, 0.2) is 59.1 Å². The normalized spacial score (nSPS) is 18.8. The molecular formula is C22H24N4O3. The number of carbonyl (C=O) groups is 1. The highest BCUT2D eigenvalue weighted by Crippen LogP contribution is 2.27. The predicted octanol–water partition coefficient (Wildman–Crippen LogP) is 2.78. The maximum absolute atomic E-state index is 12.9. The van der Waals surface area contributed by atoms with Gasteiger partial charge in [-0.3, -0.25) is 4.79 Å². The lowest BCUT2D eigenvalue weighted by molar-refractivity contribution is 0.0789. The number of aryl methyl sites for hydroxylation is 1. The van der Waals surface area contributed by atoms with Gasteiger partial charge in [0.1, 0.15) is 5.75 Å². The Kier molecular flexibility index (Phi) is 5.57. The van der Waals surface area contributed by atoms with E-state index < -0.39 is 0 Å². The van der Waals surface area contributed by atoms with Gasteiger partial charge in [-0.15, -0.1) is 0 Å². The number of carbonyl (C=O) groups excluding carboxylic acids is 1. The number of amides is 1. The fraction of sp³-hybridized carbons (Fsp3) is 0.318. The Morgan fingerprint density at radius 3 is 2.62 bits per heavy atom. The van der Waals surface area contributed by atoms with Gasteiger partial charge in [-0.1, -0.05) is 42.4 Å². The SMILES string of the molecule is CCc1nc(COc2ccc(C(=O)N3C[C@@H](N)[C@H](c4ccccc4)C3)cc2)no1. The van der Waals surface area contributed by atoms with Crippen molar-refractivity contribution in [3.63, 3.8) is 0 Å². The number of hydrogen-bond donors (Lipinski definition) is 1. The molecule has 0 unspecified atom stereocenters. The van der Waals surface area contributed by atoms with Gasteiger partial charge >= 0.3 is 0 Å². The summed E-state index contributed by atoms with van der Waals surface area (Å²) in [5.41, 5.74) is 8.10. The van der Waals surface area contributed by atoms with E-state index in [0.717, 1.165) is 0 Å². The second-order valence-corrected chi connectivity index (χ2v) is 7.16. The van der Waals surface area contributed by atoms with Crippen LogP contribution in [0.3, 0.4) is 0 Å². The average molecular weight is 392 g/mol. The van der Waals surface area contributed by atoms with Crippen molar-refractivity contribution in [1.29, 1.82) is 0 Å². The molecule has 7 nitrogen and oxygen atoms in total. The zero-order valence-electron chi connectivity index (χ0n) is 16.3. The van der Waals surface area contributed by atoms with Crippen molar-refractivity contribution >= 4 is 5.91 Å². The van der Waals surface area contributed by atoms with Gasteiger partial charge in [-0.2, -0.15) is 4.98 Å². The summed E-state index contributed by atoms with van der Waals surface area (Å²) in [5, 5.41) is 3.86. The minimum atomic E-state index is -0.0630. The molecule has 1 aliphatic heterocycles. The summed E-state index contributed by atoms with van der Waals surface area (Å²) in [4.78, 5) is 18.9. The predicted molar refractivity (Wildman–Crippen MR) is 108 cm³/mol. The Morgan fingerprint density at radius 1 is 1.17 bits per heavy atom. The van der Waals surface area contributed by atoms with Gasteiger partial charge in [0.25, 0.3) is 5.91 Å². The molecule has 3 aromatic rings. The molecule has 1 aliphatic rings. The van der Waals surface area contributed by atoms with E-state index in [1.54, 1.807) is 24.3 Å². The van der Waals surface area contributed by atoms with Crippen LogP contribution in [0, 0.1) is 0 Å². The second-order valence-electron chi connectivity index (χ2n) is 7.16. The summed E-state index contributed by atoms with van der Waals surface area (Å²) in [6.07, 6.45) is 0.690. The molecule has 2 heterocycles. The van der Waals surface area contributed by atoms with Crippen molar-refractivity contribution < 1.29 is 14.1 Å². The van der Waals surface area contributed by atoms with Crippen LogP contribution < -0.4 is 10.5 Å². The second kappa shape index (κ2) is 8.45. The third-order valence-corrected chi connectivity index (χ3v) is 5.16. The molecular weight excluding hydrogens is 368 g/mol. The summed E-state index contributed by atoms with van der Waals surface area (Å²) in [6, 6.07) is 17.2. The van der Waals surface area contributed by atoms with Crippen LogP contribution in [-0.2, 0) is 13.0 Å². The van der Waals surface area contributed by atoms with Gasteiger partial charge in [-0.25, -0.2) is 0 Å². The molecule has 1 saturated heterocycles. The van der Waals surface area contributed by atoms with Crippen LogP contribution in [0.2, 0.25) is 0 Å². The molecule has 2 atom stereocenters. The van der Waals surface area contributed by atoms with E-state index in [9.17, 15) is 4.79 Å². The Bertz CT molecular complexity index is 956. The summed E-state index contributed by atoms with van der Waals surface area (Å²) in [5.74, 6) is 1.87. The molecule has 0 bridgehead atoms. The summed E-state index contributed by atoms with van der Waals surface area (Å²) >= 11 is 0. The van der Waals surface area contributed by atoms with Gasteiger partial charge in [-0.05, 0) is 29.8 Å². The molecule has 29 heavy (non-hydrogen) atoms. The van der Waals surface area contributed by atoms with Crippen molar-refractivity contribution in [2.75, 3.05) is 13.1 Å². The molecule has 0 saturated carbocycles. The molecule has 0 radical (unpaired) electrons. The lowest BCUT2D eigenvalue weighted by atomic mass is 9.95. The number of nitrogens with zero attached hydrogens (tertiary/aromatic N) is 3. The zero-order valence-corrected chi connectivity index (χ0v) is 16.3. The largest absolute Gasteiger partial charge is 0.485 e. The minimum absolute atomic E-state index is 0.0174. The Labute approximate surface area is 169 Å². The van der Waals surface area contributed by atoms with Crippen molar-refractivity contribution in [2.45, 2.75) is 31.9 Å². The number of aromatic nitrogens is 2. The Morgan fingerprint density at radius 2 is 1.93 bits per heavy atom. The van der Waals surface area contributed by atoms with Crippen LogP contribution in [-0.4, -0.2) is 40.1 Å². The highest BCUT2D eigenvalue weighted by Gasteiger charge is 2.34. The monoisotopic (exact) mass is 392 g/mol. The lowest BCUT2D eigenvalue weighted by Crippen LogP contribution is -2.32. The van der Waals surface area contributed by atoms with Gasteiger partial charge in [0, 0.05) is 37.0 Å². The summed E-state index contributed by atoms with van der Waals surface area (Å²) < 4.78 is 10.7. The standard InChI is InChI=1S/C22H24N4O3/c1-2-21-24-20(25-29-21)14-28-17-10-8-16(9-11-17)22(27)26-12-18(19(23)13-26)15-6-4-3-5-7-15/h3-11,18-19H,2,12-14,23H2,1H3/t18-,19+/m0/s1. The van der Waals surface area contributed by atoms with Crippen molar-refractivity contribution in [1.82, 2.24) is 15.0 Å². The fourth-order valence-corrected chi connectivity index (χ4v) is 3.56. The fourth-order valence-electron chi connectivity index (χ4n) is 3.56. The molecule has 4 rings (SSSR count). The molecule has 1 aromatic heterocycles. The first-order valence-electron chi connectivity index (χ1n) is 9.78. The molecule has 1 amide bonds. The average Bonchev–Trinajstić information content (AvgIpc) is 3.39. The topological polar surface area (TPSA) is 94.5 Å². The van der Waals surface area contributed by atoms with Crippen molar-refractivity contribution in [3.8, 4) is 5.75 Å². The smallest absolute Gasteiger partial charge is 0.253 e. The van der Waals surface area contributed by atoms with Gasteiger partial charge in [0.15, 0.2) is 6.61 Å². The highest BCUT2D eigenvalue weighted by molar-refractivity contribution is 5.94. The molecule has 2 aromatic carbocycles. The minimum Gasteiger partial charge on any atom is -0.485 e. The zero-order chi connectivity index (χ0) is 20.2. The van der Waals surface area contributed by atoms with Crippen molar-refractivity contribution in [2.24, 2.45) is 5.73 Å². The number of benzene rings is 2. The number of rotatable bonds is 6. The maximum Gasteiger partial charge on any atom is 0.253 e. The summed E-state index contributed by atoms with van der Waals surface area (Å²) in [7, 11) is 0. The third kappa shape index (κ3) is 4.30. The van der Waals surface area contributed by atoms with Gasteiger partial charge in [0.2, 0.25) is 11.7 Å². The van der Waals surface area contributed by atoms with Gasteiger partial charge < -0.3 is 19.9 Å².